The van der Waals surface area contributed by atoms with Crippen molar-refractivity contribution in [3.63, 3.8) is 0 Å². The second-order valence-corrected chi connectivity index (χ2v) is 6.40. The van der Waals surface area contributed by atoms with Gasteiger partial charge in [-0.2, -0.15) is 10.4 Å². The molecule has 0 bridgehead atoms. The van der Waals surface area contributed by atoms with Gasteiger partial charge in [0.05, 0.1) is 16.7 Å². The predicted molar refractivity (Wildman–Crippen MR) is 107 cm³/mol. The molecule has 0 saturated carbocycles. The Labute approximate surface area is 170 Å². The van der Waals surface area contributed by atoms with Gasteiger partial charge in [0.25, 0.3) is 11.2 Å². The number of nitriles is 1. The van der Waals surface area contributed by atoms with E-state index in [9.17, 15) is 25.3 Å². The van der Waals surface area contributed by atoms with E-state index in [4.69, 9.17) is 0 Å². The summed E-state index contributed by atoms with van der Waals surface area (Å²) >= 11 is 0. The van der Waals surface area contributed by atoms with Gasteiger partial charge in [-0.05, 0) is 37.6 Å². The van der Waals surface area contributed by atoms with Crippen molar-refractivity contribution in [2.24, 2.45) is 10.2 Å². The zero-order chi connectivity index (χ0) is 21.8. The average Bonchev–Trinajstić information content (AvgIpc) is 2.74. The molecule has 1 aromatic carbocycles. The molecule has 30 heavy (non-hydrogen) atoms. The number of nitro groups is 1. The first kappa shape index (κ1) is 20.3. The molecule has 2 heterocycles. The number of pyridine rings is 2. The number of nitro benzene ring substituents is 1. The first-order chi connectivity index (χ1) is 14.3. The Kier molecular flexibility index (Phi) is 5.64. The van der Waals surface area contributed by atoms with Crippen LogP contribution in [0.25, 0.3) is 0 Å². The van der Waals surface area contributed by atoms with E-state index in [1.807, 2.05) is 6.07 Å². The van der Waals surface area contributed by atoms with Gasteiger partial charge >= 0.3 is 0 Å². The SMILES string of the molecule is Cc1c(C#N)c(O)n(C(C)c2cccnc2)c(=O)c1N=Nc1ccc([N+](=O)[O-])cc1. The minimum Gasteiger partial charge on any atom is -0.493 e. The molecule has 0 aliphatic heterocycles. The molecule has 2 aromatic heterocycles. The van der Waals surface area contributed by atoms with Gasteiger partial charge in [-0.25, -0.2) is 0 Å². The summed E-state index contributed by atoms with van der Waals surface area (Å²) in [5.74, 6) is -0.467. The fourth-order valence-corrected chi connectivity index (χ4v) is 2.91. The summed E-state index contributed by atoms with van der Waals surface area (Å²) in [6.07, 6.45) is 3.14. The van der Waals surface area contributed by atoms with E-state index in [-0.39, 0.29) is 28.2 Å². The Morgan fingerprint density at radius 1 is 1.27 bits per heavy atom. The zero-order valence-corrected chi connectivity index (χ0v) is 16.1. The predicted octanol–water partition coefficient (Wildman–Crippen LogP) is 4.06. The summed E-state index contributed by atoms with van der Waals surface area (Å²) in [6, 6.07) is 10.0. The lowest BCUT2D eigenvalue weighted by molar-refractivity contribution is -0.384. The molecular weight excluding hydrogens is 388 g/mol. The van der Waals surface area contributed by atoms with Crippen molar-refractivity contribution < 1.29 is 10.0 Å². The highest BCUT2D eigenvalue weighted by Crippen LogP contribution is 2.30. The van der Waals surface area contributed by atoms with Gasteiger partial charge in [0, 0.05) is 30.1 Å². The smallest absolute Gasteiger partial charge is 0.282 e. The lowest BCUT2D eigenvalue weighted by Gasteiger charge is -2.19. The van der Waals surface area contributed by atoms with Crippen LogP contribution in [0.1, 0.15) is 29.7 Å². The Bertz CT molecular complexity index is 1230. The van der Waals surface area contributed by atoms with Gasteiger partial charge in [-0.3, -0.25) is 24.5 Å². The van der Waals surface area contributed by atoms with Crippen molar-refractivity contribution in [1.29, 1.82) is 5.26 Å². The summed E-state index contributed by atoms with van der Waals surface area (Å²) in [7, 11) is 0. The van der Waals surface area contributed by atoms with Crippen LogP contribution in [0.3, 0.4) is 0 Å². The van der Waals surface area contributed by atoms with E-state index in [0.29, 0.717) is 5.56 Å². The molecule has 0 aliphatic carbocycles. The van der Waals surface area contributed by atoms with Crippen LogP contribution in [-0.4, -0.2) is 19.6 Å². The second-order valence-electron chi connectivity index (χ2n) is 6.40. The molecule has 0 aliphatic rings. The van der Waals surface area contributed by atoms with Crippen LogP contribution in [0, 0.1) is 28.4 Å². The van der Waals surface area contributed by atoms with E-state index in [0.717, 1.165) is 4.57 Å². The number of azo groups is 1. The number of benzene rings is 1. The van der Waals surface area contributed by atoms with Crippen LogP contribution in [0.4, 0.5) is 17.1 Å². The van der Waals surface area contributed by atoms with Crippen LogP contribution in [-0.2, 0) is 0 Å². The first-order valence-corrected chi connectivity index (χ1v) is 8.79. The van der Waals surface area contributed by atoms with Gasteiger partial charge in [0.2, 0.25) is 5.88 Å². The quantitative estimate of drug-likeness (QED) is 0.385. The topological polar surface area (TPSA) is 147 Å². The summed E-state index contributed by atoms with van der Waals surface area (Å²) in [5.41, 5.74) is 0.181. The first-order valence-electron chi connectivity index (χ1n) is 8.79. The van der Waals surface area contributed by atoms with Crippen molar-refractivity contribution in [1.82, 2.24) is 9.55 Å². The van der Waals surface area contributed by atoms with Gasteiger partial charge in [0.1, 0.15) is 11.6 Å². The molecule has 1 N–H and O–H groups in total. The van der Waals surface area contributed by atoms with Crippen molar-refractivity contribution in [3.05, 3.63) is 86.0 Å². The molecule has 1 unspecified atom stereocenters. The van der Waals surface area contributed by atoms with Crippen LogP contribution in [0.5, 0.6) is 5.88 Å². The summed E-state index contributed by atoms with van der Waals surface area (Å²) in [5, 5.41) is 38.7. The maximum absolute atomic E-state index is 13.1. The van der Waals surface area contributed by atoms with Crippen LogP contribution in [0.2, 0.25) is 0 Å². The largest absolute Gasteiger partial charge is 0.493 e. The van der Waals surface area contributed by atoms with Crippen molar-refractivity contribution in [2.45, 2.75) is 19.9 Å². The lowest BCUT2D eigenvalue weighted by atomic mass is 10.1. The van der Waals surface area contributed by atoms with Crippen molar-refractivity contribution in [2.75, 3.05) is 0 Å². The highest BCUT2D eigenvalue weighted by molar-refractivity contribution is 5.57. The van der Waals surface area contributed by atoms with E-state index in [1.165, 1.54) is 31.2 Å². The molecule has 3 aromatic rings. The number of hydrogen-bond donors (Lipinski definition) is 1. The van der Waals surface area contributed by atoms with Gasteiger partial charge in [-0.1, -0.05) is 6.07 Å². The standard InChI is InChI=1S/C20H16N6O4/c1-12-17(10-21)19(27)25(13(2)14-4-3-9-22-11-14)20(28)18(12)24-23-15-5-7-16(8-6-15)26(29)30/h3-9,11,13,27H,1-2H3. The Morgan fingerprint density at radius 2 is 1.97 bits per heavy atom. The van der Waals surface area contributed by atoms with E-state index < -0.39 is 22.4 Å². The molecule has 150 valence electrons. The van der Waals surface area contributed by atoms with Crippen molar-refractivity contribution >= 4 is 17.1 Å². The van der Waals surface area contributed by atoms with Crippen LogP contribution in [0.15, 0.2) is 63.8 Å². The molecule has 10 heteroatoms. The second kappa shape index (κ2) is 8.32. The number of aromatic nitrogens is 2. The van der Waals surface area contributed by atoms with Crippen LogP contribution >= 0.6 is 0 Å². The fraction of sp³-hybridized carbons (Fsp3) is 0.150. The summed E-state index contributed by atoms with van der Waals surface area (Å²) in [4.78, 5) is 27.3. The Balaban J connectivity index is 2.12. The highest BCUT2D eigenvalue weighted by Gasteiger charge is 2.23. The average molecular weight is 404 g/mol. The van der Waals surface area contributed by atoms with Gasteiger partial charge in [-0.15, -0.1) is 5.11 Å². The minimum atomic E-state index is -0.633. The fourth-order valence-electron chi connectivity index (χ4n) is 2.91. The lowest BCUT2D eigenvalue weighted by Crippen LogP contribution is -2.25. The third-order valence-corrected chi connectivity index (χ3v) is 4.60. The molecule has 1 atom stereocenters. The van der Waals surface area contributed by atoms with Gasteiger partial charge in [0.15, 0.2) is 5.69 Å². The van der Waals surface area contributed by atoms with Crippen LogP contribution < -0.4 is 5.56 Å². The normalized spacial score (nSPS) is 11.9. The third-order valence-electron chi connectivity index (χ3n) is 4.60. The number of aromatic hydroxyl groups is 1. The van der Waals surface area contributed by atoms with E-state index in [2.05, 4.69) is 15.2 Å². The van der Waals surface area contributed by atoms with E-state index >= 15 is 0 Å². The number of hydrogen-bond acceptors (Lipinski definition) is 8. The summed E-state index contributed by atoms with van der Waals surface area (Å²) < 4.78 is 1.06. The molecule has 0 fully saturated rings. The number of non-ortho nitro benzene ring substituents is 1. The number of nitrogens with zero attached hydrogens (tertiary/aromatic N) is 6. The molecular formula is C20H16N6O4. The Hall–Kier alpha value is -4.39. The third kappa shape index (κ3) is 3.77. The van der Waals surface area contributed by atoms with Crippen molar-refractivity contribution in [3.8, 4) is 11.9 Å². The summed E-state index contributed by atoms with van der Waals surface area (Å²) in [6.45, 7) is 3.18. The van der Waals surface area contributed by atoms with Gasteiger partial charge < -0.3 is 5.11 Å². The molecule has 0 saturated heterocycles. The highest BCUT2D eigenvalue weighted by atomic mass is 16.6. The maximum atomic E-state index is 13.1. The molecule has 0 spiro atoms. The molecule has 0 radical (unpaired) electrons. The maximum Gasteiger partial charge on any atom is 0.282 e. The molecule has 10 nitrogen and oxygen atoms in total. The monoisotopic (exact) mass is 404 g/mol. The Morgan fingerprint density at radius 3 is 2.53 bits per heavy atom. The van der Waals surface area contributed by atoms with E-state index in [1.54, 1.807) is 31.5 Å². The number of rotatable bonds is 5. The molecule has 0 amide bonds. The minimum absolute atomic E-state index is 0.0945. The molecule has 3 rings (SSSR count). The zero-order valence-electron chi connectivity index (χ0n) is 16.1.